The SMILES string of the molecule is C=C/C=C\C(=C/CC(=C)C(=O)NC1CCN(C/C=C/C=C\S)C1)CC. The second-order valence-electron chi connectivity index (χ2n) is 6.02. The number of hydrogen-bond acceptors (Lipinski definition) is 3. The standard InChI is InChI=1S/C21H30N2OS/c1-4-6-10-19(5-2)12-11-18(3)21(24)22-20-13-15-23(17-20)14-8-7-9-16-25/h4,6-10,12,16,20,25H,1,3,5,11,13-15,17H2,2H3,(H,22,24)/b8-7+,10-6-,16-9-,19-12-. The minimum atomic E-state index is -0.0418. The van der Waals surface area contributed by atoms with Gasteiger partial charge in [-0.2, -0.15) is 12.6 Å². The lowest BCUT2D eigenvalue weighted by Gasteiger charge is -2.15. The number of nitrogens with zero attached hydrogens (tertiary/aromatic N) is 1. The summed E-state index contributed by atoms with van der Waals surface area (Å²) in [5.41, 5.74) is 1.79. The Labute approximate surface area is 158 Å². The van der Waals surface area contributed by atoms with E-state index in [4.69, 9.17) is 0 Å². The van der Waals surface area contributed by atoms with Crippen molar-refractivity contribution in [3.05, 3.63) is 72.2 Å². The second kappa shape index (κ2) is 12.6. The zero-order valence-electron chi connectivity index (χ0n) is 15.2. The van der Waals surface area contributed by atoms with E-state index in [1.165, 1.54) is 5.57 Å². The molecule has 4 heteroatoms. The predicted molar refractivity (Wildman–Crippen MR) is 112 cm³/mol. The van der Waals surface area contributed by atoms with E-state index in [1.54, 1.807) is 11.5 Å². The summed E-state index contributed by atoms with van der Waals surface area (Å²) in [7, 11) is 0. The average molecular weight is 359 g/mol. The van der Waals surface area contributed by atoms with Crippen molar-refractivity contribution in [3.8, 4) is 0 Å². The molecule has 0 spiro atoms. The van der Waals surface area contributed by atoms with Gasteiger partial charge in [0.2, 0.25) is 5.91 Å². The van der Waals surface area contributed by atoms with Crippen LogP contribution in [0.25, 0.3) is 0 Å². The number of allylic oxidation sites excluding steroid dienone is 7. The molecule has 1 aliphatic rings. The molecule has 1 unspecified atom stereocenters. The molecule has 25 heavy (non-hydrogen) atoms. The van der Waals surface area contributed by atoms with Crippen LogP contribution in [0.5, 0.6) is 0 Å². The highest BCUT2D eigenvalue weighted by atomic mass is 32.1. The number of carbonyl (C=O) groups is 1. The molecule has 136 valence electrons. The van der Waals surface area contributed by atoms with Crippen LogP contribution in [0.1, 0.15) is 26.2 Å². The third kappa shape index (κ3) is 8.75. The Morgan fingerprint density at radius 3 is 2.84 bits per heavy atom. The number of carbonyl (C=O) groups excluding carboxylic acids is 1. The lowest BCUT2D eigenvalue weighted by Crippen LogP contribution is -2.37. The Kier molecular flexibility index (Phi) is 10.7. The first-order chi connectivity index (χ1) is 12.1. The third-order valence-electron chi connectivity index (χ3n) is 4.09. The molecule has 0 aliphatic carbocycles. The van der Waals surface area contributed by atoms with Crippen LogP contribution in [0.3, 0.4) is 0 Å². The van der Waals surface area contributed by atoms with Crippen molar-refractivity contribution in [1.82, 2.24) is 10.2 Å². The molecule has 1 aliphatic heterocycles. The van der Waals surface area contributed by atoms with E-state index in [1.807, 2.05) is 24.3 Å². The zero-order valence-corrected chi connectivity index (χ0v) is 16.1. The van der Waals surface area contributed by atoms with Gasteiger partial charge in [-0.05, 0) is 24.7 Å². The molecule has 1 heterocycles. The van der Waals surface area contributed by atoms with Gasteiger partial charge in [-0.3, -0.25) is 9.69 Å². The minimum Gasteiger partial charge on any atom is -0.348 e. The van der Waals surface area contributed by atoms with Crippen molar-refractivity contribution in [2.45, 2.75) is 32.2 Å². The summed E-state index contributed by atoms with van der Waals surface area (Å²) in [6.45, 7) is 12.5. The molecule has 0 radical (unpaired) electrons. The van der Waals surface area contributed by atoms with Crippen molar-refractivity contribution in [2.24, 2.45) is 0 Å². The number of thiol groups is 1. The lowest BCUT2D eigenvalue weighted by molar-refractivity contribution is -0.118. The Balaban J connectivity index is 2.40. The van der Waals surface area contributed by atoms with E-state index < -0.39 is 0 Å². The maximum absolute atomic E-state index is 12.3. The number of rotatable bonds is 10. The largest absolute Gasteiger partial charge is 0.348 e. The van der Waals surface area contributed by atoms with E-state index >= 15 is 0 Å². The molecule has 1 amide bonds. The Morgan fingerprint density at radius 1 is 1.36 bits per heavy atom. The highest BCUT2D eigenvalue weighted by molar-refractivity contribution is 7.83. The molecule has 0 aromatic heterocycles. The van der Waals surface area contributed by atoms with E-state index in [0.717, 1.165) is 32.5 Å². The minimum absolute atomic E-state index is 0.0418. The Hall–Kier alpha value is -1.78. The van der Waals surface area contributed by atoms with E-state index in [0.29, 0.717) is 12.0 Å². The van der Waals surface area contributed by atoms with Crippen molar-refractivity contribution in [3.63, 3.8) is 0 Å². The zero-order chi connectivity index (χ0) is 18.5. The highest BCUT2D eigenvalue weighted by Gasteiger charge is 2.23. The highest BCUT2D eigenvalue weighted by Crippen LogP contribution is 2.12. The Morgan fingerprint density at radius 2 is 2.16 bits per heavy atom. The summed E-state index contributed by atoms with van der Waals surface area (Å²) in [5.74, 6) is -0.0418. The van der Waals surface area contributed by atoms with Crippen LogP contribution in [0.4, 0.5) is 0 Å². The molecule has 1 saturated heterocycles. The van der Waals surface area contributed by atoms with Gasteiger partial charge in [0.1, 0.15) is 0 Å². The van der Waals surface area contributed by atoms with Gasteiger partial charge in [-0.1, -0.05) is 68.2 Å². The van der Waals surface area contributed by atoms with E-state index in [9.17, 15) is 4.79 Å². The quantitative estimate of drug-likeness (QED) is 0.348. The lowest BCUT2D eigenvalue weighted by atomic mass is 10.1. The molecule has 3 nitrogen and oxygen atoms in total. The molecular weight excluding hydrogens is 328 g/mol. The van der Waals surface area contributed by atoms with Crippen LogP contribution in [-0.4, -0.2) is 36.5 Å². The summed E-state index contributed by atoms with van der Waals surface area (Å²) in [6, 6.07) is 0.202. The smallest absolute Gasteiger partial charge is 0.247 e. The molecule has 0 saturated carbocycles. The molecule has 1 rings (SSSR count). The first-order valence-electron chi connectivity index (χ1n) is 8.75. The molecule has 1 fully saturated rings. The normalized spacial score (nSPS) is 19.3. The van der Waals surface area contributed by atoms with Gasteiger partial charge < -0.3 is 5.32 Å². The molecule has 0 bridgehead atoms. The molecule has 0 aromatic carbocycles. The van der Waals surface area contributed by atoms with Gasteiger partial charge in [0.25, 0.3) is 0 Å². The second-order valence-corrected chi connectivity index (χ2v) is 6.32. The number of likely N-dealkylation sites (tertiary alicyclic amines) is 1. The maximum atomic E-state index is 12.3. The van der Waals surface area contributed by atoms with Crippen LogP contribution in [0, 0.1) is 0 Å². The summed E-state index contributed by atoms with van der Waals surface area (Å²) < 4.78 is 0. The van der Waals surface area contributed by atoms with Crippen LogP contribution in [-0.2, 0) is 4.79 Å². The summed E-state index contributed by atoms with van der Waals surface area (Å²) in [4.78, 5) is 14.6. The first kappa shape index (κ1) is 21.3. The van der Waals surface area contributed by atoms with Gasteiger partial charge in [-0.15, -0.1) is 0 Å². The maximum Gasteiger partial charge on any atom is 0.247 e. The molecular formula is C21H30N2OS. The first-order valence-corrected chi connectivity index (χ1v) is 9.27. The average Bonchev–Trinajstić information content (AvgIpc) is 3.06. The number of hydrogen-bond donors (Lipinski definition) is 2. The van der Waals surface area contributed by atoms with Crippen molar-refractivity contribution < 1.29 is 4.79 Å². The summed E-state index contributed by atoms with van der Waals surface area (Å²) in [5, 5.41) is 4.81. The van der Waals surface area contributed by atoms with Gasteiger partial charge in [-0.25, -0.2) is 0 Å². The summed E-state index contributed by atoms with van der Waals surface area (Å²) >= 11 is 4.01. The number of amides is 1. The fourth-order valence-electron chi connectivity index (χ4n) is 2.61. The van der Waals surface area contributed by atoms with Crippen LogP contribution in [0.2, 0.25) is 0 Å². The van der Waals surface area contributed by atoms with Crippen LogP contribution in [0.15, 0.2) is 72.2 Å². The van der Waals surface area contributed by atoms with Crippen LogP contribution < -0.4 is 5.32 Å². The van der Waals surface area contributed by atoms with E-state index in [-0.39, 0.29) is 11.9 Å². The van der Waals surface area contributed by atoms with Crippen molar-refractivity contribution in [1.29, 1.82) is 0 Å². The molecule has 1 N–H and O–H groups in total. The monoisotopic (exact) mass is 358 g/mol. The van der Waals surface area contributed by atoms with Gasteiger partial charge in [0, 0.05) is 31.2 Å². The predicted octanol–water partition coefficient (Wildman–Crippen LogP) is 4.20. The Bertz CT molecular complexity index is 572. The molecule has 1 atom stereocenters. The van der Waals surface area contributed by atoms with Crippen molar-refractivity contribution >= 4 is 18.5 Å². The van der Waals surface area contributed by atoms with Gasteiger partial charge in [0.05, 0.1) is 0 Å². The van der Waals surface area contributed by atoms with E-state index in [2.05, 4.69) is 55.1 Å². The fourth-order valence-corrected chi connectivity index (χ4v) is 2.71. The van der Waals surface area contributed by atoms with Crippen molar-refractivity contribution in [2.75, 3.05) is 19.6 Å². The molecule has 0 aromatic rings. The fraction of sp³-hybridized carbons (Fsp3) is 0.381. The van der Waals surface area contributed by atoms with Crippen LogP contribution >= 0.6 is 12.6 Å². The van der Waals surface area contributed by atoms with Gasteiger partial charge in [0.15, 0.2) is 0 Å². The van der Waals surface area contributed by atoms with Gasteiger partial charge >= 0.3 is 0 Å². The topological polar surface area (TPSA) is 32.3 Å². The third-order valence-corrected chi connectivity index (χ3v) is 4.26. The summed E-state index contributed by atoms with van der Waals surface area (Å²) in [6.07, 6.45) is 16.2. The number of nitrogens with one attached hydrogen (secondary N) is 1.